The van der Waals surface area contributed by atoms with E-state index in [1.165, 1.54) is 0 Å². The fraction of sp³-hybridized carbons (Fsp3) is 0.312. The first-order valence-corrected chi connectivity index (χ1v) is 13.3. The number of hydrogen-bond donors (Lipinski definition) is 0. The van der Waals surface area contributed by atoms with Crippen LogP contribution in [0.25, 0.3) is 11.0 Å². The molecule has 1 atom stereocenters. The Kier molecular flexibility index (Phi) is 7.59. The molecular formula is C32H33NO6. The third kappa shape index (κ3) is 5.21. The van der Waals surface area contributed by atoms with Crippen molar-refractivity contribution in [2.75, 3.05) is 20.3 Å². The fourth-order valence-corrected chi connectivity index (χ4v) is 4.89. The maximum Gasteiger partial charge on any atom is 0.291 e. The highest BCUT2D eigenvalue weighted by atomic mass is 16.5. The smallest absolute Gasteiger partial charge is 0.291 e. The Bertz CT molecular complexity index is 1540. The summed E-state index contributed by atoms with van der Waals surface area (Å²) in [6.07, 6.45) is 0.918. The van der Waals surface area contributed by atoms with Crippen LogP contribution in [0.3, 0.4) is 0 Å². The number of rotatable bonds is 10. The average molecular weight is 528 g/mol. The second-order valence-electron chi connectivity index (χ2n) is 10.0. The predicted molar refractivity (Wildman–Crippen MR) is 150 cm³/mol. The average Bonchev–Trinajstić information content (AvgIpc) is 3.21. The van der Waals surface area contributed by atoms with E-state index in [4.69, 9.17) is 18.6 Å². The molecule has 7 heteroatoms. The van der Waals surface area contributed by atoms with Crippen molar-refractivity contribution in [3.05, 3.63) is 99.4 Å². The molecule has 0 saturated carbocycles. The maximum atomic E-state index is 13.8. The van der Waals surface area contributed by atoms with Gasteiger partial charge in [-0.3, -0.25) is 9.59 Å². The molecule has 0 bridgehead atoms. The molecule has 7 nitrogen and oxygen atoms in total. The molecule has 5 rings (SSSR count). The van der Waals surface area contributed by atoms with Crippen molar-refractivity contribution in [3.63, 3.8) is 0 Å². The first-order valence-electron chi connectivity index (χ1n) is 13.3. The zero-order valence-corrected chi connectivity index (χ0v) is 22.7. The van der Waals surface area contributed by atoms with Crippen LogP contribution in [0.15, 0.2) is 75.9 Å². The summed E-state index contributed by atoms with van der Waals surface area (Å²) in [5.41, 5.74) is 2.17. The van der Waals surface area contributed by atoms with Gasteiger partial charge in [0.2, 0.25) is 5.76 Å². The van der Waals surface area contributed by atoms with E-state index in [2.05, 4.69) is 13.8 Å². The maximum absolute atomic E-state index is 13.8. The first kappa shape index (κ1) is 26.4. The summed E-state index contributed by atoms with van der Waals surface area (Å²) in [5, 5.41) is 0.444. The van der Waals surface area contributed by atoms with Crippen LogP contribution in [0.5, 0.6) is 17.2 Å². The quantitative estimate of drug-likeness (QED) is 0.238. The van der Waals surface area contributed by atoms with Gasteiger partial charge in [-0.25, -0.2) is 0 Å². The van der Waals surface area contributed by atoms with Crippen LogP contribution in [0, 0.1) is 5.92 Å². The minimum absolute atomic E-state index is 0.0763. The number of benzene rings is 3. The Labute approximate surface area is 227 Å². The van der Waals surface area contributed by atoms with E-state index in [-0.39, 0.29) is 23.6 Å². The van der Waals surface area contributed by atoms with E-state index < -0.39 is 6.04 Å². The Morgan fingerprint density at radius 3 is 2.44 bits per heavy atom. The minimum atomic E-state index is -0.653. The SMILES string of the molecule is CCOc1cc(C2c3c(oc4ccccc4c3=O)C(=O)N2Cc2ccc(OC)cc2)ccc1OCCC(C)C. The van der Waals surface area contributed by atoms with Crippen molar-refractivity contribution in [2.24, 2.45) is 5.92 Å². The van der Waals surface area contributed by atoms with Crippen LogP contribution in [-0.4, -0.2) is 31.1 Å². The van der Waals surface area contributed by atoms with Crippen molar-refractivity contribution in [1.29, 1.82) is 0 Å². The van der Waals surface area contributed by atoms with Gasteiger partial charge in [-0.1, -0.05) is 44.2 Å². The second kappa shape index (κ2) is 11.2. The van der Waals surface area contributed by atoms with Crippen molar-refractivity contribution >= 4 is 16.9 Å². The molecule has 0 fully saturated rings. The van der Waals surface area contributed by atoms with Gasteiger partial charge in [0.25, 0.3) is 5.91 Å². The molecule has 4 aromatic rings. The van der Waals surface area contributed by atoms with Gasteiger partial charge in [-0.2, -0.15) is 0 Å². The fourth-order valence-electron chi connectivity index (χ4n) is 4.89. The first-order chi connectivity index (χ1) is 18.9. The molecule has 0 aliphatic carbocycles. The van der Waals surface area contributed by atoms with Crippen molar-refractivity contribution in [2.45, 2.75) is 39.8 Å². The predicted octanol–water partition coefficient (Wildman–Crippen LogP) is 6.37. The number of nitrogens with zero attached hydrogens (tertiary/aromatic N) is 1. The van der Waals surface area contributed by atoms with Crippen molar-refractivity contribution in [1.82, 2.24) is 4.90 Å². The number of ether oxygens (including phenoxy) is 3. The molecule has 0 spiro atoms. The third-order valence-corrected chi connectivity index (χ3v) is 6.92. The highest BCUT2D eigenvalue weighted by Crippen LogP contribution is 2.42. The topological polar surface area (TPSA) is 78.2 Å². The summed E-state index contributed by atoms with van der Waals surface area (Å²) in [5.74, 6) is 2.20. The molecular weight excluding hydrogens is 494 g/mol. The Morgan fingerprint density at radius 1 is 0.949 bits per heavy atom. The number of hydrogen-bond acceptors (Lipinski definition) is 6. The Hall–Kier alpha value is -4.26. The van der Waals surface area contributed by atoms with Crippen LogP contribution >= 0.6 is 0 Å². The highest BCUT2D eigenvalue weighted by molar-refractivity contribution is 5.99. The summed E-state index contributed by atoms with van der Waals surface area (Å²) in [6.45, 7) is 7.52. The zero-order valence-electron chi connectivity index (χ0n) is 22.7. The Balaban J connectivity index is 1.61. The van der Waals surface area contributed by atoms with Crippen LogP contribution < -0.4 is 19.6 Å². The van der Waals surface area contributed by atoms with E-state index in [1.54, 1.807) is 36.3 Å². The molecule has 1 aliphatic heterocycles. The van der Waals surface area contributed by atoms with Gasteiger partial charge in [0.1, 0.15) is 11.3 Å². The molecule has 0 saturated heterocycles. The lowest BCUT2D eigenvalue weighted by atomic mass is 9.97. The van der Waals surface area contributed by atoms with E-state index in [0.717, 1.165) is 23.3 Å². The van der Waals surface area contributed by atoms with Gasteiger partial charge < -0.3 is 23.5 Å². The van der Waals surface area contributed by atoms with E-state index in [9.17, 15) is 9.59 Å². The summed E-state index contributed by atoms with van der Waals surface area (Å²) < 4.78 is 23.3. The number of methoxy groups -OCH3 is 1. The molecule has 0 radical (unpaired) electrons. The lowest BCUT2D eigenvalue weighted by Crippen LogP contribution is -2.29. The van der Waals surface area contributed by atoms with Crippen LogP contribution in [0.2, 0.25) is 0 Å². The van der Waals surface area contributed by atoms with Gasteiger partial charge >= 0.3 is 0 Å². The highest BCUT2D eigenvalue weighted by Gasteiger charge is 2.43. The number of amides is 1. The normalized spacial score (nSPS) is 14.6. The van der Waals surface area contributed by atoms with Crippen LogP contribution in [-0.2, 0) is 6.54 Å². The minimum Gasteiger partial charge on any atom is -0.497 e. The third-order valence-electron chi connectivity index (χ3n) is 6.92. The van der Waals surface area contributed by atoms with Crippen molar-refractivity contribution < 1.29 is 23.4 Å². The second-order valence-corrected chi connectivity index (χ2v) is 10.0. The van der Waals surface area contributed by atoms with E-state index in [0.29, 0.717) is 47.2 Å². The van der Waals surface area contributed by atoms with Gasteiger partial charge in [-0.05, 0) is 66.8 Å². The molecule has 1 aliphatic rings. The monoisotopic (exact) mass is 527 g/mol. The lowest BCUT2D eigenvalue weighted by molar-refractivity contribution is 0.0714. The number of para-hydroxylation sites is 1. The van der Waals surface area contributed by atoms with Crippen LogP contribution in [0.1, 0.15) is 60.5 Å². The molecule has 39 heavy (non-hydrogen) atoms. The Morgan fingerprint density at radius 2 is 1.72 bits per heavy atom. The van der Waals surface area contributed by atoms with E-state index >= 15 is 0 Å². The molecule has 1 aromatic heterocycles. The molecule has 1 amide bonds. The summed E-state index contributed by atoms with van der Waals surface area (Å²) in [6, 6.07) is 19.5. The molecule has 3 aromatic carbocycles. The number of carbonyl (C=O) groups excluding carboxylic acids is 1. The molecule has 0 N–H and O–H groups in total. The largest absolute Gasteiger partial charge is 0.497 e. The zero-order chi connectivity index (χ0) is 27.5. The summed E-state index contributed by atoms with van der Waals surface area (Å²) in [4.78, 5) is 29.3. The van der Waals surface area contributed by atoms with Gasteiger partial charge in [0.05, 0.1) is 37.3 Å². The van der Waals surface area contributed by atoms with Gasteiger partial charge in [-0.15, -0.1) is 0 Å². The standard InChI is InChI=1S/C32H33NO6/c1-5-37-27-18-22(12-15-26(27)38-17-16-20(2)3)29-28-30(34)24-8-6-7-9-25(24)39-31(28)32(35)33(29)19-21-10-13-23(36-4)14-11-21/h6-15,18,20,29H,5,16-17,19H2,1-4H3. The molecule has 1 unspecified atom stereocenters. The molecule has 202 valence electrons. The lowest BCUT2D eigenvalue weighted by Gasteiger charge is -2.26. The summed E-state index contributed by atoms with van der Waals surface area (Å²) in [7, 11) is 1.61. The van der Waals surface area contributed by atoms with Crippen LogP contribution in [0.4, 0.5) is 0 Å². The summed E-state index contributed by atoms with van der Waals surface area (Å²) >= 11 is 0. The van der Waals surface area contributed by atoms with Gasteiger partial charge in [0.15, 0.2) is 16.9 Å². The van der Waals surface area contributed by atoms with E-state index in [1.807, 2.05) is 49.4 Å². The van der Waals surface area contributed by atoms with Crippen molar-refractivity contribution in [3.8, 4) is 17.2 Å². The number of fused-ring (bicyclic) bond motifs is 2. The molecule has 2 heterocycles. The number of carbonyl (C=O) groups is 1. The van der Waals surface area contributed by atoms with Gasteiger partial charge in [0, 0.05) is 6.54 Å².